The monoisotopic (exact) mass is 282 g/mol. The Labute approximate surface area is 116 Å². The van der Waals surface area contributed by atoms with E-state index in [-0.39, 0.29) is 24.4 Å². The molecule has 1 atom stereocenters. The number of nitrogens with one attached hydrogen (secondary N) is 2. The van der Waals surface area contributed by atoms with Crippen LogP contribution in [0.25, 0.3) is 0 Å². The predicted octanol–water partition coefficient (Wildman–Crippen LogP) is 0.665. The maximum atomic E-state index is 11.9. The van der Waals surface area contributed by atoms with E-state index >= 15 is 0 Å². The Balaban J connectivity index is 2.31. The summed E-state index contributed by atoms with van der Waals surface area (Å²) in [5, 5.41) is 6.20. The molecule has 7 heteroatoms. The summed E-state index contributed by atoms with van der Waals surface area (Å²) in [5.74, 6) is -0.579. The third kappa shape index (κ3) is 2.48. The van der Waals surface area contributed by atoms with Crippen LogP contribution in [0.15, 0.2) is 6.20 Å². The molecule has 0 spiro atoms. The molecule has 1 aliphatic rings. The van der Waals surface area contributed by atoms with Crippen molar-refractivity contribution < 1.29 is 9.59 Å². The van der Waals surface area contributed by atoms with Gasteiger partial charge in [-0.1, -0.05) is 0 Å². The lowest BCUT2D eigenvalue weighted by Gasteiger charge is -2.39. The van der Waals surface area contributed by atoms with Gasteiger partial charge in [0.15, 0.2) is 5.13 Å². The molecule has 0 aromatic carbocycles. The Morgan fingerprint density at radius 1 is 1.53 bits per heavy atom. The normalized spacial score (nSPS) is 20.3. The number of hydrogen-bond donors (Lipinski definition) is 2. The second-order valence-electron chi connectivity index (χ2n) is 5.08. The summed E-state index contributed by atoms with van der Waals surface area (Å²) < 4.78 is 0. The molecule has 104 valence electrons. The van der Waals surface area contributed by atoms with Crippen LogP contribution < -0.4 is 15.5 Å². The van der Waals surface area contributed by atoms with E-state index in [1.807, 2.05) is 14.0 Å². The summed E-state index contributed by atoms with van der Waals surface area (Å²) >= 11 is 1.50. The Hall–Kier alpha value is -1.47. The molecular weight excluding hydrogens is 264 g/mol. The fraction of sp³-hybridized carbons (Fsp3) is 0.583. The van der Waals surface area contributed by atoms with Crippen molar-refractivity contribution >= 4 is 28.3 Å². The first-order chi connectivity index (χ1) is 8.86. The Morgan fingerprint density at radius 3 is 2.84 bits per heavy atom. The molecule has 2 heterocycles. The van der Waals surface area contributed by atoms with Crippen molar-refractivity contribution in [1.82, 2.24) is 15.6 Å². The Bertz CT molecular complexity index is 512. The molecule has 1 aromatic heterocycles. The number of hydrogen-bond acceptors (Lipinski definition) is 6. The highest BCUT2D eigenvalue weighted by Gasteiger charge is 2.42. The van der Waals surface area contributed by atoms with E-state index < -0.39 is 5.54 Å². The number of amides is 2. The van der Waals surface area contributed by atoms with Gasteiger partial charge in [0, 0.05) is 17.1 Å². The van der Waals surface area contributed by atoms with Crippen molar-refractivity contribution in [2.24, 2.45) is 0 Å². The number of imide groups is 1. The number of nitrogens with zero attached hydrogens (tertiary/aromatic N) is 2. The van der Waals surface area contributed by atoms with Crippen LogP contribution in [0.4, 0.5) is 5.13 Å². The van der Waals surface area contributed by atoms with Crippen molar-refractivity contribution in [2.45, 2.75) is 32.4 Å². The molecule has 2 amide bonds. The number of rotatable bonds is 3. The summed E-state index contributed by atoms with van der Waals surface area (Å²) in [6.07, 6.45) is 1.79. The van der Waals surface area contributed by atoms with Crippen molar-refractivity contribution in [1.29, 1.82) is 0 Å². The van der Waals surface area contributed by atoms with E-state index in [0.29, 0.717) is 5.13 Å². The van der Waals surface area contributed by atoms with Gasteiger partial charge in [0.2, 0.25) is 5.91 Å². The standard InChI is InChI=1S/C12H18N4O2S/c1-7(13-4)8-5-14-11(19-8)16-6-9(17)15-10(18)12(16,2)3/h5,7,13H,6H2,1-4H3,(H,15,17,18). The Morgan fingerprint density at radius 2 is 2.21 bits per heavy atom. The molecule has 19 heavy (non-hydrogen) atoms. The average Bonchev–Trinajstić information content (AvgIpc) is 2.82. The highest BCUT2D eigenvalue weighted by atomic mass is 32.1. The van der Waals surface area contributed by atoms with Crippen LogP contribution in [0.1, 0.15) is 31.7 Å². The molecule has 6 nitrogen and oxygen atoms in total. The first kappa shape index (κ1) is 14.0. The minimum Gasteiger partial charge on any atom is -0.325 e. The SMILES string of the molecule is CNC(C)c1cnc(N2CC(=O)NC(=O)C2(C)C)s1. The lowest BCUT2D eigenvalue weighted by molar-refractivity contribution is -0.135. The molecule has 1 saturated heterocycles. The van der Waals surface area contributed by atoms with Gasteiger partial charge in [0.25, 0.3) is 5.91 Å². The number of piperazine rings is 1. The van der Waals surface area contributed by atoms with Gasteiger partial charge in [0.1, 0.15) is 12.1 Å². The molecule has 0 bridgehead atoms. The van der Waals surface area contributed by atoms with Crippen molar-refractivity contribution in [2.75, 3.05) is 18.5 Å². The number of thiazole rings is 1. The summed E-state index contributed by atoms with van der Waals surface area (Å²) in [6.45, 7) is 5.77. The fourth-order valence-electron chi connectivity index (χ4n) is 1.83. The van der Waals surface area contributed by atoms with E-state index in [2.05, 4.69) is 15.6 Å². The fourth-order valence-corrected chi connectivity index (χ4v) is 2.95. The zero-order valence-electron chi connectivity index (χ0n) is 11.5. The van der Waals surface area contributed by atoms with Crippen molar-refractivity contribution in [3.05, 3.63) is 11.1 Å². The smallest absolute Gasteiger partial charge is 0.251 e. The van der Waals surface area contributed by atoms with Gasteiger partial charge in [0.05, 0.1) is 0 Å². The summed E-state index contributed by atoms with van der Waals surface area (Å²) in [7, 11) is 1.88. The van der Waals surface area contributed by atoms with Gasteiger partial charge < -0.3 is 10.2 Å². The Kier molecular flexibility index (Phi) is 3.60. The number of carbonyl (C=O) groups excluding carboxylic acids is 2. The largest absolute Gasteiger partial charge is 0.325 e. The molecular formula is C12H18N4O2S. The van der Waals surface area contributed by atoms with Gasteiger partial charge in [-0.05, 0) is 27.8 Å². The van der Waals surface area contributed by atoms with E-state index in [4.69, 9.17) is 0 Å². The molecule has 2 rings (SSSR count). The van der Waals surface area contributed by atoms with E-state index in [1.54, 1.807) is 24.9 Å². The van der Waals surface area contributed by atoms with Crippen LogP contribution in [0, 0.1) is 0 Å². The van der Waals surface area contributed by atoms with Crippen LogP contribution >= 0.6 is 11.3 Å². The minimum atomic E-state index is -0.772. The third-order valence-corrected chi connectivity index (χ3v) is 4.59. The van der Waals surface area contributed by atoms with Crippen LogP contribution in [-0.2, 0) is 9.59 Å². The summed E-state index contributed by atoms with van der Waals surface area (Å²) in [5.41, 5.74) is -0.772. The van der Waals surface area contributed by atoms with Gasteiger partial charge in [-0.2, -0.15) is 0 Å². The summed E-state index contributed by atoms with van der Waals surface area (Å²) in [6, 6.07) is 0.198. The van der Waals surface area contributed by atoms with Crippen LogP contribution in [-0.4, -0.2) is 35.9 Å². The van der Waals surface area contributed by atoms with Crippen LogP contribution in [0.5, 0.6) is 0 Å². The van der Waals surface area contributed by atoms with E-state index in [9.17, 15) is 9.59 Å². The molecule has 1 fully saturated rings. The highest BCUT2D eigenvalue weighted by Crippen LogP contribution is 2.32. The molecule has 0 aliphatic carbocycles. The maximum absolute atomic E-state index is 11.9. The quantitative estimate of drug-likeness (QED) is 0.797. The third-order valence-electron chi connectivity index (χ3n) is 3.39. The molecule has 2 N–H and O–H groups in total. The average molecular weight is 282 g/mol. The van der Waals surface area contributed by atoms with Gasteiger partial charge in [-0.25, -0.2) is 4.98 Å². The highest BCUT2D eigenvalue weighted by molar-refractivity contribution is 7.15. The maximum Gasteiger partial charge on any atom is 0.251 e. The summed E-state index contributed by atoms with van der Waals surface area (Å²) in [4.78, 5) is 30.6. The van der Waals surface area contributed by atoms with Crippen molar-refractivity contribution in [3.8, 4) is 0 Å². The topological polar surface area (TPSA) is 74.3 Å². The van der Waals surface area contributed by atoms with E-state index in [1.165, 1.54) is 11.3 Å². The van der Waals surface area contributed by atoms with Crippen LogP contribution in [0.2, 0.25) is 0 Å². The lowest BCUT2D eigenvalue weighted by Crippen LogP contribution is -2.64. The molecule has 1 aliphatic heterocycles. The number of aromatic nitrogens is 1. The zero-order valence-corrected chi connectivity index (χ0v) is 12.3. The molecule has 0 radical (unpaired) electrons. The first-order valence-electron chi connectivity index (χ1n) is 6.11. The first-order valence-corrected chi connectivity index (χ1v) is 6.93. The predicted molar refractivity (Wildman–Crippen MR) is 74.2 cm³/mol. The number of carbonyl (C=O) groups is 2. The lowest BCUT2D eigenvalue weighted by atomic mass is 10.00. The minimum absolute atomic E-state index is 0.152. The molecule has 0 saturated carbocycles. The van der Waals surface area contributed by atoms with Gasteiger partial charge in [-0.3, -0.25) is 14.9 Å². The molecule has 1 unspecified atom stereocenters. The van der Waals surface area contributed by atoms with Crippen molar-refractivity contribution in [3.63, 3.8) is 0 Å². The second kappa shape index (κ2) is 4.90. The molecule has 1 aromatic rings. The van der Waals surface area contributed by atoms with Crippen LogP contribution in [0.3, 0.4) is 0 Å². The van der Waals surface area contributed by atoms with E-state index in [0.717, 1.165) is 4.88 Å². The zero-order chi connectivity index (χ0) is 14.2. The van der Waals surface area contributed by atoms with Gasteiger partial charge in [-0.15, -0.1) is 11.3 Å². The second-order valence-corrected chi connectivity index (χ2v) is 6.12. The van der Waals surface area contributed by atoms with Gasteiger partial charge >= 0.3 is 0 Å². The number of anilines is 1.